The van der Waals surface area contributed by atoms with E-state index in [4.69, 9.17) is 0 Å². The Morgan fingerprint density at radius 1 is 1.33 bits per heavy atom. The largest absolute Gasteiger partial charge is 0.335 e. The van der Waals surface area contributed by atoms with Crippen LogP contribution in [0.5, 0.6) is 0 Å². The molecule has 1 saturated heterocycles. The van der Waals surface area contributed by atoms with Crippen LogP contribution in [-0.4, -0.2) is 48.4 Å². The average Bonchev–Trinajstić information content (AvgIpc) is 2.75. The van der Waals surface area contributed by atoms with Crippen molar-refractivity contribution in [2.75, 3.05) is 32.7 Å². The predicted octanol–water partition coefficient (Wildman–Crippen LogP) is 2.92. The van der Waals surface area contributed by atoms with Crippen molar-refractivity contribution >= 4 is 33.2 Å². The first-order valence-electron chi connectivity index (χ1n) is 6.33. The molecule has 0 aromatic carbocycles. The lowest BCUT2D eigenvalue weighted by atomic mass is 10.2. The van der Waals surface area contributed by atoms with Gasteiger partial charge in [-0.15, -0.1) is 11.3 Å². The molecule has 0 unspecified atom stereocenters. The first kappa shape index (κ1) is 14.0. The van der Waals surface area contributed by atoms with E-state index in [1.54, 1.807) is 0 Å². The third-order valence-corrected chi connectivity index (χ3v) is 4.68. The van der Waals surface area contributed by atoms with E-state index in [1.165, 1.54) is 11.3 Å². The van der Waals surface area contributed by atoms with Crippen LogP contribution in [-0.2, 0) is 0 Å². The summed E-state index contributed by atoms with van der Waals surface area (Å²) >= 11 is 4.91. The van der Waals surface area contributed by atoms with Crippen LogP contribution in [0.25, 0.3) is 0 Å². The highest BCUT2D eigenvalue weighted by molar-refractivity contribution is 9.11. The third kappa shape index (κ3) is 3.56. The van der Waals surface area contributed by atoms with Crippen molar-refractivity contribution in [3.8, 4) is 0 Å². The fraction of sp³-hybridized carbons (Fsp3) is 0.615. The van der Waals surface area contributed by atoms with Crippen LogP contribution < -0.4 is 0 Å². The van der Waals surface area contributed by atoms with E-state index in [0.717, 1.165) is 41.4 Å². The average molecular weight is 331 g/mol. The molecule has 1 aromatic rings. The van der Waals surface area contributed by atoms with Gasteiger partial charge in [-0.1, -0.05) is 13.8 Å². The van der Waals surface area contributed by atoms with E-state index < -0.39 is 0 Å². The van der Waals surface area contributed by atoms with Gasteiger partial charge in [0.2, 0.25) is 0 Å². The maximum Gasteiger partial charge on any atom is 0.264 e. The Morgan fingerprint density at radius 3 is 2.50 bits per heavy atom. The van der Waals surface area contributed by atoms with Crippen molar-refractivity contribution in [2.45, 2.75) is 13.8 Å². The van der Waals surface area contributed by atoms with Crippen molar-refractivity contribution in [2.24, 2.45) is 5.92 Å². The van der Waals surface area contributed by atoms with Crippen LogP contribution in [0.2, 0.25) is 0 Å². The van der Waals surface area contributed by atoms with E-state index in [-0.39, 0.29) is 5.91 Å². The Labute approximate surface area is 121 Å². The van der Waals surface area contributed by atoms with Crippen LogP contribution in [0.15, 0.2) is 15.9 Å². The van der Waals surface area contributed by atoms with Crippen LogP contribution in [0, 0.1) is 5.92 Å². The maximum atomic E-state index is 12.2. The molecule has 0 atom stereocenters. The van der Waals surface area contributed by atoms with Gasteiger partial charge in [0.05, 0.1) is 8.66 Å². The van der Waals surface area contributed by atoms with Gasteiger partial charge in [0.15, 0.2) is 0 Å². The van der Waals surface area contributed by atoms with Gasteiger partial charge in [-0.25, -0.2) is 0 Å². The molecular weight excluding hydrogens is 312 g/mol. The SMILES string of the molecule is CC(C)CN1CCN(C(=O)c2ccc(Br)s2)CC1. The van der Waals surface area contributed by atoms with Gasteiger partial charge in [-0.05, 0) is 34.0 Å². The zero-order valence-electron chi connectivity index (χ0n) is 10.9. The lowest BCUT2D eigenvalue weighted by molar-refractivity contribution is 0.0628. The van der Waals surface area contributed by atoms with Crippen LogP contribution in [0.3, 0.4) is 0 Å². The molecule has 1 aliphatic heterocycles. The zero-order chi connectivity index (χ0) is 13.1. The maximum absolute atomic E-state index is 12.2. The van der Waals surface area contributed by atoms with Gasteiger partial charge < -0.3 is 4.90 Å². The van der Waals surface area contributed by atoms with Gasteiger partial charge in [0, 0.05) is 32.7 Å². The molecule has 0 saturated carbocycles. The monoisotopic (exact) mass is 330 g/mol. The summed E-state index contributed by atoms with van der Waals surface area (Å²) in [6.07, 6.45) is 0. The number of piperazine rings is 1. The zero-order valence-corrected chi connectivity index (χ0v) is 13.3. The Morgan fingerprint density at radius 2 is 2.00 bits per heavy atom. The van der Waals surface area contributed by atoms with E-state index in [2.05, 4.69) is 34.7 Å². The molecule has 18 heavy (non-hydrogen) atoms. The molecule has 3 nitrogen and oxygen atoms in total. The van der Waals surface area contributed by atoms with E-state index in [1.807, 2.05) is 17.0 Å². The van der Waals surface area contributed by atoms with Crippen molar-refractivity contribution in [1.29, 1.82) is 0 Å². The first-order chi connectivity index (χ1) is 8.56. The quantitative estimate of drug-likeness (QED) is 0.850. The number of halogens is 1. The summed E-state index contributed by atoms with van der Waals surface area (Å²) in [5.41, 5.74) is 0. The molecule has 0 radical (unpaired) electrons. The second-order valence-corrected chi connectivity index (χ2v) is 7.55. The molecular formula is C13H19BrN2OS. The molecule has 0 bridgehead atoms. The third-order valence-electron chi connectivity index (χ3n) is 3.07. The fourth-order valence-corrected chi connectivity index (χ4v) is 3.59. The second-order valence-electron chi connectivity index (χ2n) is 5.09. The van der Waals surface area contributed by atoms with Gasteiger partial charge >= 0.3 is 0 Å². The van der Waals surface area contributed by atoms with Crippen LogP contribution in [0.1, 0.15) is 23.5 Å². The van der Waals surface area contributed by atoms with Crippen molar-refractivity contribution < 1.29 is 4.79 Å². The highest BCUT2D eigenvalue weighted by Gasteiger charge is 2.23. The molecule has 1 fully saturated rings. The number of carbonyl (C=O) groups excluding carboxylic acids is 1. The van der Waals surface area contributed by atoms with E-state index >= 15 is 0 Å². The summed E-state index contributed by atoms with van der Waals surface area (Å²) in [7, 11) is 0. The van der Waals surface area contributed by atoms with Crippen LogP contribution in [0.4, 0.5) is 0 Å². The lowest BCUT2D eigenvalue weighted by Gasteiger charge is -2.35. The topological polar surface area (TPSA) is 23.6 Å². The summed E-state index contributed by atoms with van der Waals surface area (Å²) in [5, 5.41) is 0. The molecule has 2 heterocycles. The molecule has 0 spiro atoms. The molecule has 2 rings (SSSR count). The normalized spacial score (nSPS) is 17.4. The molecule has 1 aromatic heterocycles. The summed E-state index contributed by atoms with van der Waals surface area (Å²) < 4.78 is 1.02. The van der Waals surface area contributed by atoms with Gasteiger partial charge in [-0.3, -0.25) is 9.69 Å². The van der Waals surface area contributed by atoms with E-state index in [0.29, 0.717) is 5.92 Å². The first-order valence-corrected chi connectivity index (χ1v) is 7.94. The number of amides is 1. The number of hydrogen-bond donors (Lipinski definition) is 0. The van der Waals surface area contributed by atoms with Crippen molar-refractivity contribution in [3.05, 3.63) is 20.8 Å². The van der Waals surface area contributed by atoms with Gasteiger partial charge in [0.1, 0.15) is 0 Å². The highest BCUT2D eigenvalue weighted by atomic mass is 79.9. The lowest BCUT2D eigenvalue weighted by Crippen LogP contribution is -2.49. The highest BCUT2D eigenvalue weighted by Crippen LogP contribution is 2.23. The molecule has 5 heteroatoms. The van der Waals surface area contributed by atoms with Gasteiger partial charge in [0.25, 0.3) is 5.91 Å². The molecule has 1 amide bonds. The number of thiophene rings is 1. The smallest absolute Gasteiger partial charge is 0.264 e. The minimum Gasteiger partial charge on any atom is -0.335 e. The predicted molar refractivity (Wildman–Crippen MR) is 79.2 cm³/mol. The minimum absolute atomic E-state index is 0.176. The molecule has 1 aliphatic rings. The fourth-order valence-electron chi connectivity index (χ4n) is 2.24. The Balaban J connectivity index is 1.88. The molecule has 100 valence electrons. The summed E-state index contributed by atoms with van der Waals surface area (Å²) in [4.78, 5) is 17.5. The second kappa shape index (κ2) is 6.17. The molecule has 0 aliphatic carbocycles. The Hall–Kier alpha value is -0.390. The summed E-state index contributed by atoms with van der Waals surface area (Å²) in [6.45, 7) is 9.29. The Kier molecular flexibility index (Phi) is 4.81. The molecule has 0 N–H and O–H groups in total. The summed E-state index contributed by atoms with van der Waals surface area (Å²) in [6, 6.07) is 3.84. The van der Waals surface area contributed by atoms with Gasteiger partial charge in [-0.2, -0.15) is 0 Å². The number of hydrogen-bond acceptors (Lipinski definition) is 3. The van der Waals surface area contributed by atoms with Crippen molar-refractivity contribution in [3.63, 3.8) is 0 Å². The standard InChI is InChI=1S/C13H19BrN2OS/c1-10(2)9-15-5-7-16(8-6-15)13(17)11-3-4-12(14)18-11/h3-4,10H,5-9H2,1-2H3. The number of rotatable bonds is 3. The Bertz CT molecular complexity index is 411. The van der Waals surface area contributed by atoms with E-state index in [9.17, 15) is 4.79 Å². The number of carbonyl (C=O) groups is 1. The van der Waals surface area contributed by atoms with Crippen LogP contribution >= 0.6 is 27.3 Å². The van der Waals surface area contributed by atoms with Crippen molar-refractivity contribution in [1.82, 2.24) is 9.80 Å². The minimum atomic E-state index is 0.176. The number of nitrogens with zero attached hydrogens (tertiary/aromatic N) is 2. The summed E-state index contributed by atoms with van der Waals surface area (Å²) in [5.74, 6) is 0.871.